The zero-order valence-electron chi connectivity index (χ0n) is 21.0. The lowest BCUT2D eigenvalue weighted by molar-refractivity contribution is 0.170. The predicted molar refractivity (Wildman–Crippen MR) is 140 cm³/mol. The molecule has 2 unspecified atom stereocenters. The lowest BCUT2D eigenvalue weighted by Crippen LogP contribution is -2.40. The van der Waals surface area contributed by atoms with E-state index in [4.69, 9.17) is 4.74 Å². The van der Waals surface area contributed by atoms with E-state index in [0.717, 1.165) is 35.1 Å². The number of aliphatic hydroxyl groups excluding tert-OH is 1. The van der Waals surface area contributed by atoms with Crippen LogP contribution in [0.25, 0.3) is 5.70 Å². The number of amides is 2. The number of aliphatic imine (C=N–C) groups is 1. The summed E-state index contributed by atoms with van der Waals surface area (Å²) in [7, 11) is 1.72. The number of hydrogen-bond donors (Lipinski definition) is 3. The summed E-state index contributed by atoms with van der Waals surface area (Å²) in [4.78, 5) is 18.9. The van der Waals surface area contributed by atoms with Gasteiger partial charge in [0.2, 0.25) is 0 Å². The number of hydrogen-bond acceptors (Lipinski definition) is 5. The van der Waals surface area contributed by atoms with Crippen molar-refractivity contribution >= 4 is 17.6 Å². The molecule has 2 aromatic carbocycles. The third kappa shape index (κ3) is 5.37. The van der Waals surface area contributed by atoms with E-state index < -0.39 is 6.10 Å². The van der Waals surface area contributed by atoms with Crippen LogP contribution in [0.15, 0.2) is 48.0 Å². The predicted octanol–water partition coefficient (Wildman–Crippen LogP) is 3.75. The number of ether oxygens (including phenoxy) is 1. The van der Waals surface area contributed by atoms with E-state index in [9.17, 15) is 15.2 Å². The first-order chi connectivity index (χ1) is 17.3. The van der Waals surface area contributed by atoms with Gasteiger partial charge in [-0.1, -0.05) is 24.8 Å². The zero-order chi connectivity index (χ0) is 25.8. The van der Waals surface area contributed by atoms with E-state index in [1.165, 1.54) is 0 Å². The number of nitriles is 1. The topological polar surface area (TPSA) is 110 Å². The summed E-state index contributed by atoms with van der Waals surface area (Å²) >= 11 is 0. The normalized spacial score (nSPS) is 19.1. The van der Waals surface area contributed by atoms with Gasteiger partial charge in [-0.15, -0.1) is 0 Å². The Morgan fingerprint density at radius 1 is 1.31 bits per heavy atom. The van der Waals surface area contributed by atoms with Gasteiger partial charge >= 0.3 is 6.03 Å². The molecule has 36 heavy (non-hydrogen) atoms. The van der Waals surface area contributed by atoms with Crippen molar-refractivity contribution in [3.8, 4) is 11.8 Å². The zero-order valence-corrected chi connectivity index (χ0v) is 21.0. The van der Waals surface area contributed by atoms with Crippen molar-refractivity contribution in [2.45, 2.75) is 51.4 Å². The fraction of sp³-hybridized carbons (Fsp3) is 0.393. The van der Waals surface area contributed by atoms with Gasteiger partial charge in [0.1, 0.15) is 17.7 Å². The summed E-state index contributed by atoms with van der Waals surface area (Å²) in [5.41, 5.74) is 5.03. The van der Waals surface area contributed by atoms with Crippen LogP contribution >= 0.6 is 0 Å². The summed E-state index contributed by atoms with van der Waals surface area (Å²) in [6, 6.07) is 13.4. The van der Waals surface area contributed by atoms with E-state index in [-0.39, 0.29) is 18.2 Å². The van der Waals surface area contributed by atoms with E-state index in [2.05, 4.69) is 28.3 Å². The van der Waals surface area contributed by atoms with Gasteiger partial charge in [-0.3, -0.25) is 4.99 Å². The average molecular weight is 488 g/mol. The molecule has 4 rings (SSSR count). The molecule has 0 bridgehead atoms. The van der Waals surface area contributed by atoms with Crippen LogP contribution in [0.4, 0.5) is 4.79 Å². The highest BCUT2D eigenvalue weighted by Crippen LogP contribution is 2.34. The highest BCUT2D eigenvalue weighted by molar-refractivity contribution is 6.04. The number of urea groups is 1. The van der Waals surface area contributed by atoms with Crippen LogP contribution in [0, 0.1) is 11.3 Å². The van der Waals surface area contributed by atoms with Gasteiger partial charge < -0.3 is 25.4 Å². The molecule has 188 valence electrons. The minimum Gasteiger partial charge on any atom is -0.490 e. The summed E-state index contributed by atoms with van der Waals surface area (Å²) in [5, 5.41) is 25.8. The van der Waals surface area contributed by atoms with Crippen LogP contribution in [0.2, 0.25) is 0 Å². The maximum Gasteiger partial charge on any atom is 0.317 e. The lowest BCUT2D eigenvalue weighted by Gasteiger charge is -2.21. The lowest BCUT2D eigenvalue weighted by atomic mass is 10.0. The van der Waals surface area contributed by atoms with Crippen LogP contribution in [-0.2, 0) is 6.42 Å². The maximum atomic E-state index is 12.7. The van der Waals surface area contributed by atoms with Gasteiger partial charge in [0, 0.05) is 31.4 Å². The highest BCUT2D eigenvalue weighted by atomic mass is 16.5. The molecular formula is C28H33N5O3. The number of aliphatic hydroxyl groups is 1. The van der Waals surface area contributed by atoms with Crippen LogP contribution < -0.4 is 15.4 Å². The number of amidine groups is 1. The number of likely N-dealkylation sites (tertiary alicyclic amines) is 1. The molecular weight excluding hydrogens is 454 g/mol. The van der Waals surface area contributed by atoms with E-state index in [1.54, 1.807) is 24.1 Å². The van der Waals surface area contributed by atoms with Crippen molar-refractivity contribution in [2.24, 2.45) is 4.99 Å². The summed E-state index contributed by atoms with van der Waals surface area (Å²) in [6.07, 6.45) is 1.76. The third-order valence-electron chi connectivity index (χ3n) is 6.58. The number of β-amino-alcohol motifs (C(OH)–C–C–N with tert-alkyl or cyclic N) is 1. The molecule has 0 radical (unpaired) electrons. The molecule has 8 nitrogen and oxygen atoms in total. The van der Waals surface area contributed by atoms with Crippen LogP contribution in [0.3, 0.4) is 0 Å². The quantitative estimate of drug-likeness (QED) is 0.425. The number of carbonyl (C=O) groups is 1. The molecule has 3 N–H and O–H groups in total. The van der Waals surface area contributed by atoms with E-state index in [0.29, 0.717) is 42.4 Å². The Hall–Kier alpha value is -3.83. The van der Waals surface area contributed by atoms with Crippen molar-refractivity contribution < 1.29 is 14.6 Å². The summed E-state index contributed by atoms with van der Waals surface area (Å²) in [6.45, 7) is 8.97. The maximum absolute atomic E-state index is 12.7. The average Bonchev–Trinajstić information content (AvgIpc) is 3.48. The van der Waals surface area contributed by atoms with Gasteiger partial charge in [-0.2, -0.15) is 5.26 Å². The first kappa shape index (κ1) is 25.3. The first-order valence-corrected chi connectivity index (χ1v) is 12.3. The third-order valence-corrected chi connectivity index (χ3v) is 6.58. The summed E-state index contributed by atoms with van der Waals surface area (Å²) in [5.74, 6) is 1.22. The molecule has 1 saturated heterocycles. The first-order valence-electron chi connectivity index (χ1n) is 12.3. The van der Waals surface area contributed by atoms with Crippen molar-refractivity contribution in [3.05, 3.63) is 70.8 Å². The van der Waals surface area contributed by atoms with Crippen molar-refractivity contribution in [1.82, 2.24) is 15.5 Å². The largest absolute Gasteiger partial charge is 0.490 e. The van der Waals surface area contributed by atoms with Crippen LogP contribution in [0.5, 0.6) is 5.75 Å². The Balaban J connectivity index is 1.50. The minimum absolute atomic E-state index is 0.0289. The highest BCUT2D eigenvalue weighted by Gasteiger charge is 2.30. The number of nitrogens with one attached hydrogen (secondary N) is 2. The molecule has 1 heterocycles. The number of nitrogens with zero attached hydrogens (tertiary/aromatic N) is 3. The molecule has 8 heteroatoms. The Kier molecular flexibility index (Phi) is 7.61. The second-order valence-corrected chi connectivity index (χ2v) is 9.47. The fourth-order valence-electron chi connectivity index (χ4n) is 4.81. The molecule has 2 aliphatic rings. The molecule has 2 aromatic rings. The second kappa shape index (κ2) is 10.8. The Morgan fingerprint density at radius 3 is 2.78 bits per heavy atom. The van der Waals surface area contributed by atoms with Crippen LogP contribution in [-0.4, -0.2) is 54.2 Å². The molecule has 1 aliphatic carbocycles. The second-order valence-electron chi connectivity index (χ2n) is 9.47. The molecule has 0 aromatic heterocycles. The van der Waals surface area contributed by atoms with E-state index in [1.807, 2.05) is 38.1 Å². The van der Waals surface area contributed by atoms with Crippen molar-refractivity contribution in [1.29, 1.82) is 5.26 Å². The standard InChI is InChI=1S/C28H33N5O3/c1-17(2)36-26-11-8-19(14-20(26)15-29)18(3)31-27(30-4)24-7-5-6-23-22(24)9-10-25(23)32-28(35)33-13-12-21(34)16-33/h5-8,11,14,17,21,25,34H,3,9-10,12-13,16H2,1-2,4H3,(H,30,31)(H,32,35). The molecule has 2 atom stereocenters. The van der Waals surface area contributed by atoms with Crippen molar-refractivity contribution in [2.75, 3.05) is 20.1 Å². The molecule has 2 amide bonds. The summed E-state index contributed by atoms with van der Waals surface area (Å²) < 4.78 is 5.73. The molecule has 1 aliphatic heterocycles. The molecule has 0 spiro atoms. The minimum atomic E-state index is -0.441. The molecule has 0 saturated carbocycles. The Labute approximate surface area is 212 Å². The molecule has 1 fully saturated rings. The Morgan fingerprint density at radius 2 is 2.11 bits per heavy atom. The van der Waals surface area contributed by atoms with Crippen molar-refractivity contribution in [3.63, 3.8) is 0 Å². The fourth-order valence-corrected chi connectivity index (χ4v) is 4.81. The van der Waals surface area contributed by atoms with Gasteiger partial charge in [0.05, 0.1) is 23.8 Å². The number of carbonyl (C=O) groups excluding carboxylic acids is 1. The van der Waals surface area contributed by atoms with Crippen LogP contribution in [0.1, 0.15) is 60.5 Å². The number of benzene rings is 2. The van der Waals surface area contributed by atoms with Gasteiger partial charge in [0.25, 0.3) is 0 Å². The SMILES string of the molecule is C=C(NC(=NC)c1cccc2c1CCC2NC(=O)N1CCC(O)C1)c1ccc(OC(C)C)c(C#N)c1. The monoisotopic (exact) mass is 487 g/mol. The number of rotatable bonds is 6. The van der Waals surface area contributed by atoms with E-state index >= 15 is 0 Å². The van der Waals surface area contributed by atoms with Gasteiger partial charge in [-0.25, -0.2) is 4.79 Å². The smallest absolute Gasteiger partial charge is 0.317 e. The van der Waals surface area contributed by atoms with Gasteiger partial charge in [0.15, 0.2) is 0 Å². The van der Waals surface area contributed by atoms with Gasteiger partial charge in [-0.05, 0) is 68.0 Å². The number of fused-ring (bicyclic) bond motifs is 1. The Bertz CT molecular complexity index is 1230.